The minimum atomic E-state index is 0.0735. The van der Waals surface area contributed by atoms with Crippen molar-refractivity contribution < 1.29 is 0 Å². The predicted octanol–water partition coefficient (Wildman–Crippen LogP) is 3.46. The summed E-state index contributed by atoms with van der Waals surface area (Å²) in [5.74, 6) is 0. The molecule has 0 radical (unpaired) electrons. The van der Waals surface area contributed by atoms with E-state index in [0.29, 0.717) is 0 Å². The lowest BCUT2D eigenvalue weighted by Crippen LogP contribution is -2.26. The van der Waals surface area contributed by atoms with Crippen molar-refractivity contribution in [2.24, 2.45) is 11.1 Å². The maximum atomic E-state index is 6.27. The van der Waals surface area contributed by atoms with E-state index in [1.54, 1.807) is 0 Å². The first-order valence-corrected chi connectivity index (χ1v) is 7.04. The highest BCUT2D eigenvalue weighted by molar-refractivity contribution is 7.11. The van der Waals surface area contributed by atoms with Crippen LogP contribution in [0, 0.1) is 5.41 Å². The highest BCUT2D eigenvalue weighted by atomic mass is 32.1. The van der Waals surface area contributed by atoms with Crippen LogP contribution in [0.25, 0.3) is 0 Å². The van der Waals surface area contributed by atoms with E-state index in [0.717, 1.165) is 11.4 Å². The Kier molecular flexibility index (Phi) is 3.36. The van der Waals surface area contributed by atoms with Crippen molar-refractivity contribution in [1.82, 2.24) is 4.98 Å². The summed E-state index contributed by atoms with van der Waals surface area (Å²) in [6, 6.07) is 0.0735. The molecule has 3 heteroatoms. The SMILES string of the molecule is CC(C)(C)C(N)c1nc2c(s1)CCCCC2. The zero-order chi connectivity index (χ0) is 11.8. The highest BCUT2D eigenvalue weighted by Crippen LogP contribution is 2.35. The molecule has 1 unspecified atom stereocenters. The van der Waals surface area contributed by atoms with Gasteiger partial charge < -0.3 is 5.73 Å². The first kappa shape index (κ1) is 12.1. The second kappa shape index (κ2) is 4.46. The molecular formula is C13H22N2S. The molecule has 1 aromatic rings. The first-order valence-electron chi connectivity index (χ1n) is 6.22. The van der Waals surface area contributed by atoms with E-state index in [4.69, 9.17) is 10.7 Å². The van der Waals surface area contributed by atoms with Crippen LogP contribution in [0.1, 0.15) is 61.7 Å². The molecule has 90 valence electrons. The summed E-state index contributed by atoms with van der Waals surface area (Å²) in [6.07, 6.45) is 6.33. The van der Waals surface area contributed by atoms with E-state index in [1.807, 2.05) is 11.3 Å². The number of hydrogen-bond donors (Lipinski definition) is 1. The van der Waals surface area contributed by atoms with Gasteiger partial charge in [-0.1, -0.05) is 27.2 Å². The van der Waals surface area contributed by atoms with E-state index in [9.17, 15) is 0 Å². The molecule has 0 spiro atoms. The highest BCUT2D eigenvalue weighted by Gasteiger charge is 2.26. The topological polar surface area (TPSA) is 38.9 Å². The lowest BCUT2D eigenvalue weighted by Gasteiger charge is -2.24. The smallest absolute Gasteiger partial charge is 0.110 e. The van der Waals surface area contributed by atoms with E-state index >= 15 is 0 Å². The molecule has 1 aliphatic carbocycles. The van der Waals surface area contributed by atoms with Crippen LogP contribution >= 0.6 is 11.3 Å². The minimum absolute atomic E-state index is 0.0735. The minimum Gasteiger partial charge on any atom is -0.322 e. The Morgan fingerprint density at radius 2 is 1.88 bits per heavy atom. The molecule has 2 N–H and O–H groups in total. The molecule has 0 saturated carbocycles. The fourth-order valence-electron chi connectivity index (χ4n) is 2.05. The molecule has 0 bridgehead atoms. The number of nitrogens with two attached hydrogens (primary N) is 1. The molecule has 1 aromatic heterocycles. The van der Waals surface area contributed by atoms with Crippen molar-refractivity contribution in [1.29, 1.82) is 0 Å². The van der Waals surface area contributed by atoms with Gasteiger partial charge in [0.25, 0.3) is 0 Å². The van der Waals surface area contributed by atoms with Crippen molar-refractivity contribution >= 4 is 11.3 Å². The maximum absolute atomic E-state index is 6.27. The van der Waals surface area contributed by atoms with Crippen LogP contribution in [-0.2, 0) is 12.8 Å². The number of fused-ring (bicyclic) bond motifs is 1. The Labute approximate surface area is 102 Å². The number of rotatable bonds is 1. The number of hydrogen-bond acceptors (Lipinski definition) is 3. The van der Waals surface area contributed by atoms with E-state index in [-0.39, 0.29) is 11.5 Å². The summed E-state index contributed by atoms with van der Waals surface area (Å²) >= 11 is 1.85. The normalized spacial score (nSPS) is 19.0. The fraction of sp³-hybridized carbons (Fsp3) is 0.769. The monoisotopic (exact) mass is 238 g/mol. The van der Waals surface area contributed by atoms with Gasteiger partial charge in [-0.15, -0.1) is 11.3 Å². The largest absolute Gasteiger partial charge is 0.322 e. The van der Waals surface area contributed by atoms with Gasteiger partial charge in [0.05, 0.1) is 11.7 Å². The van der Waals surface area contributed by atoms with Gasteiger partial charge in [0.15, 0.2) is 0 Å². The average Bonchev–Trinajstić information content (AvgIpc) is 2.47. The molecule has 0 fully saturated rings. The molecule has 0 aromatic carbocycles. The molecule has 0 aliphatic heterocycles. The first-order chi connectivity index (χ1) is 7.48. The van der Waals surface area contributed by atoms with Gasteiger partial charge in [-0.25, -0.2) is 4.98 Å². The third-order valence-corrected chi connectivity index (χ3v) is 4.55. The van der Waals surface area contributed by atoms with E-state index in [2.05, 4.69) is 20.8 Å². The number of nitrogens with zero attached hydrogens (tertiary/aromatic N) is 1. The molecule has 2 rings (SSSR count). The van der Waals surface area contributed by atoms with E-state index in [1.165, 1.54) is 36.3 Å². The van der Waals surface area contributed by atoms with Crippen molar-refractivity contribution in [3.8, 4) is 0 Å². The standard InChI is InChI=1S/C13H22N2S/c1-13(2,3)11(14)12-15-9-7-5-4-6-8-10(9)16-12/h11H,4-8,14H2,1-3H3. The Balaban J connectivity index is 2.24. The van der Waals surface area contributed by atoms with Gasteiger partial charge in [0.1, 0.15) is 5.01 Å². The Hall–Kier alpha value is -0.410. The molecule has 2 nitrogen and oxygen atoms in total. The second-order valence-corrected chi connectivity index (χ2v) is 6.94. The van der Waals surface area contributed by atoms with Gasteiger partial charge in [0, 0.05) is 4.88 Å². The molecule has 16 heavy (non-hydrogen) atoms. The summed E-state index contributed by atoms with van der Waals surface area (Å²) in [5, 5.41) is 1.14. The number of aryl methyl sites for hydroxylation is 2. The average molecular weight is 238 g/mol. The third kappa shape index (κ3) is 2.46. The van der Waals surface area contributed by atoms with Crippen LogP contribution in [0.5, 0.6) is 0 Å². The lowest BCUT2D eigenvalue weighted by atomic mass is 9.88. The summed E-state index contributed by atoms with van der Waals surface area (Å²) in [7, 11) is 0. The van der Waals surface area contributed by atoms with Crippen LogP contribution < -0.4 is 5.73 Å². The van der Waals surface area contributed by atoms with Crippen LogP contribution in [0.3, 0.4) is 0 Å². The Morgan fingerprint density at radius 3 is 2.56 bits per heavy atom. The van der Waals surface area contributed by atoms with Crippen molar-refractivity contribution in [3.63, 3.8) is 0 Å². The zero-order valence-corrected chi connectivity index (χ0v) is 11.4. The molecular weight excluding hydrogens is 216 g/mol. The molecule has 0 amide bonds. The van der Waals surface area contributed by atoms with Gasteiger partial charge in [-0.05, 0) is 31.1 Å². The summed E-state index contributed by atoms with van der Waals surface area (Å²) in [4.78, 5) is 6.26. The van der Waals surface area contributed by atoms with Gasteiger partial charge >= 0.3 is 0 Å². The molecule has 1 atom stereocenters. The number of aromatic nitrogens is 1. The quantitative estimate of drug-likeness (QED) is 0.761. The summed E-state index contributed by atoms with van der Waals surface area (Å²) < 4.78 is 0. The Bertz CT molecular complexity index is 339. The van der Waals surface area contributed by atoms with Gasteiger partial charge in [0.2, 0.25) is 0 Å². The summed E-state index contributed by atoms with van der Waals surface area (Å²) in [5.41, 5.74) is 7.71. The lowest BCUT2D eigenvalue weighted by molar-refractivity contribution is 0.326. The van der Waals surface area contributed by atoms with Crippen LogP contribution in [-0.4, -0.2) is 4.98 Å². The van der Waals surface area contributed by atoms with Gasteiger partial charge in [-0.3, -0.25) is 0 Å². The molecule has 1 aliphatic rings. The summed E-state index contributed by atoms with van der Waals surface area (Å²) in [6.45, 7) is 6.55. The van der Waals surface area contributed by atoms with Crippen LogP contribution in [0.15, 0.2) is 0 Å². The maximum Gasteiger partial charge on any atom is 0.110 e. The third-order valence-electron chi connectivity index (χ3n) is 3.31. The zero-order valence-electron chi connectivity index (χ0n) is 10.5. The fourth-order valence-corrected chi connectivity index (χ4v) is 3.45. The van der Waals surface area contributed by atoms with Crippen molar-refractivity contribution in [2.75, 3.05) is 0 Å². The Morgan fingerprint density at radius 1 is 1.19 bits per heavy atom. The molecule has 1 heterocycles. The van der Waals surface area contributed by atoms with Crippen molar-refractivity contribution in [3.05, 3.63) is 15.6 Å². The predicted molar refractivity (Wildman–Crippen MR) is 69.8 cm³/mol. The van der Waals surface area contributed by atoms with Gasteiger partial charge in [-0.2, -0.15) is 0 Å². The van der Waals surface area contributed by atoms with E-state index < -0.39 is 0 Å². The number of thiazole rings is 1. The van der Waals surface area contributed by atoms with Crippen LogP contribution in [0.2, 0.25) is 0 Å². The van der Waals surface area contributed by atoms with Crippen molar-refractivity contribution in [2.45, 2.75) is 58.9 Å². The second-order valence-electron chi connectivity index (χ2n) is 5.83. The molecule has 0 saturated heterocycles. The van der Waals surface area contributed by atoms with Crippen LogP contribution in [0.4, 0.5) is 0 Å².